The summed E-state index contributed by atoms with van der Waals surface area (Å²) >= 11 is 5.38. The zero-order chi connectivity index (χ0) is 13.1. The van der Waals surface area contributed by atoms with Crippen molar-refractivity contribution in [1.82, 2.24) is 0 Å². The zero-order valence-electron chi connectivity index (χ0n) is 11.5. The highest BCUT2D eigenvalue weighted by atomic mass is 127. The topological polar surface area (TPSA) is 0 Å². The van der Waals surface area contributed by atoms with Crippen LogP contribution in [0, 0.1) is 23.2 Å². The van der Waals surface area contributed by atoms with Gasteiger partial charge in [-0.3, -0.25) is 0 Å². The van der Waals surface area contributed by atoms with Gasteiger partial charge in [0.1, 0.15) is 0 Å². The zero-order valence-corrected chi connectivity index (χ0v) is 15.8. The molecule has 0 aromatic rings. The van der Waals surface area contributed by atoms with Crippen LogP contribution in [-0.2, 0) is 0 Å². The van der Waals surface area contributed by atoms with Crippen molar-refractivity contribution in [3.63, 3.8) is 0 Å². The molecule has 3 aliphatic rings. The Balaban J connectivity index is 2.02. The lowest BCUT2D eigenvalue weighted by molar-refractivity contribution is 0.192. The van der Waals surface area contributed by atoms with Crippen molar-refractivity contribution in [2.24, 2.45) is 23.2 Å². The quantitative estimate of drug-likeness (QED) is 0.307. The van der Waals surface area contributed by atoms with E-state index >= 15 is 0 Å². The SMILES string of the molecule is CC1C=C2C(=CC1)C1CCC(I)(I)CC1C2(C)C. The van der Waals surface area contributed by atoms with Crippen molar-refractivity contribution >= 4 is 45.2 Å². The molecule has 0 spiro atoms. The van der Waals surface area contributed by atoms with Gasteiger partial charge in [-0.25, -0.2) is 0 Å². The molecule has 0 aromatic carbocycles. The number of hydrogen-bond donors (Lipinski definition) is 0. The van der Waals surface area contributed by atoms with Gasteiger partial charge in [0.2, 0.25) is 0 Å². The maximum absolute atomic E-state index is 2.69. The van der Waals surface area contributed by atoms with Crippen LogP contribution >= 0.6 is 45.2 Å². The van der Waals surface area contributed by atoms with Crippen LogP contribution in [0.15, 0.2) is 23.3 Å². The fourth-order valence-corrected chi connectivity index (χ4v) is 5.85. The summed E-state index contributed by atoms with van der Waals surface area (Å²) in [6, 6.07) is 0. The predicted octanol–water partition coefficient (Wildman–Crippen LogP) is 5.90. The van der Waals surface area contributed by atoms with Gasteiger partial charge in [0.05, 0.1) is 1.43 Å². The summed E-state index contributed by atoms with van der Waals surface area (Å²) in [6.45, 7) is 7.34. The molecular formula is C16H22I2. The monoisotopic (exact) mass is 468 g/mol. The molecule has 2 saturated carbocycles. The van der Waals surface area contributed by atoms with E-state index in [2.05, 4.69) is 78.1 Å². The molecule has 100 valence electrons. The number of fused-ring (bicyclic) bond motifs is 3. The van der Waals surface area contributed by atoms with Crippen LogP contribution in [0.5, 0.6) is 0 Å². The Kier molecular flexibility index (Phi) is 3.45. The predicted molar refractivity (Wildman–Crippen MR) is 95.3 cm³/mol. The van der Waals surface area contributed by atoms with E-state index in [1.165, 1.54) is 25.7 Å². The van der Waals surface area contributed by atoms with Crippen LogP contribution in [0.4, 0.5) is 0 Å². The first-order valence-electron chi connectivity index (χ1n) is 7.12. The van der Waals surface area contributed by atoms with E-state index in [-0.39, 0.29) is 0 Å². The average molecular weight is 468 g/mol. The molecule has 0 heterocycles. The van der Waals surface area contributed by atoms with Gasteiger partial charge in [0.25, 0.3) is 0 Å². The molecular weight excluding hydrogens is 446 g/mol. The lowest BCUT2D eigenvalue weighted by atomic mass is 9.70. The van der Waals surface area contributed by atoms with E-state index in [1.54, 1.807) is 11.1 Å². The van der Waals surface area contributed by atoms with Crippen molar-refractivity contribution < 1.29 is 0 Å². The maximum Gasteiger partial charge on any atom is 0.0738 e. The molecule has 0 bridgehead atoms. The number of alkyl halides is 2. The number of allylic oxidation sites excluding steroid dienone is 4. The molecule has 18 heavy (non-hydrogen) atoms. The van der Waals surface area contributed by atoms with Crippen LogP contribution in [-0.4, -0.2) is 1.43 Å². The largest absolute Gasteiger partial charge is 0.0802 e. The maximum atomic E-state index is 2.69. The van der Waals surface area contributed by atoms with Crippen LogP contribution in [0.2, 0.25) is 0 Å². The molecule has 2 heteroatoms. The van der Waals surface area contributed by atoms with E-state index in [4.69, 9.17) is 0 Å². The van der Waals surface area contributed by atoms with Crippen molar-refractivity contribution in [3.05, 3.63) is 23.3 Å². The van der Waals surface area contributed by atoms with Crippen LogP contribution in [0.3, 0.4) is 0 Å². The van der Waals surface area contributed by atoms with E-state index in [9.17, 15) is 0 Å². The molecule has 2 fully saturated rings. The molecule has 3 aliphatic carbocycles. The summed E-state index contributed by atoms with van der Waals surface area (Å²) in [6.07, 6.45) is 10.6. The fraction of sp³-hybridized carbons (Fsp3) is 0.750. The van der Waals surface area contributed by atoms with Gasteiger partial charge < -0.3 is 0 Å². The first-order valence-corrected chi connectivity index (χ1v) is 9.27. The first-order chi connectivity index (χ1) is 8.31. The second-order valence-corrected chi connectivity index (χ2v) is 13.2. The third-order valence-electron chi connectivity index (χ3n) is 5.32. The molecule has 0 nitrogen and oxygen atoms in total. The normalized spacial score (nSPS) is 40.6. The van der Waals surface area contributed by atoms with E-state index < -0.39 is 0 Å². The van der Waals surface area contributed by atoms with Gasteiger partial charge in [0.15, 0.2) is 0 Å². The lowest BCUT2D eigenvalue weighted by Gasteiger charge is -2.40. The lowest BCUT2D eigenvalue weighted by Crippen LogP contribution is -2.33. The Labute approximate surface area is 138 Å². The van der Waals surface area contributed by atoms with Crippen molar-refractivity contribution in [3.8, 4) is 0 Å². The van der Waals surface area contributed by atoms with Gasteiger partial charge in [-0.1, -0.05) is 78.1 Å². The van der Waals surface area contributed by atoms with Crippen LogP contribution < -0.4 is 0 Å². The third kappa shape index (κ3) is 2.13. The summed E-state index contributed by atoms with van der Waals surface area (Å²) in [5.41, 5.74) is 3.82. The highest BCUT2D eigenvalue weighted by Crippen LogP contribution is 2.63. The molecule has 0 radical (unpaired) electrons. The summed E-state index contributed by atoms with van der Waals surface area (Å²) in [4.78, 5) is 0. The molecule has 0 saturated heterocycles. The minimum absolute atomic E-state index is 0.396. The van der Waals surface area contributed by atoms with Gasteiger partial charge >= 0.3 is 0 Å². The third-order valence-corrected chi connectivity index (χ3v) is 7.28. The Morgan fingerprint density at radius 2 is 2.00 bits per heavy atom. The van der Waals surface area contributed by atoms with Gasteiger partial charge in [-0.05, 0) is 60.0 Å². The van der Waals surface area contributed by atoms with E-state index in [1.807, 2.05) is 0 Å². The molecule has 3 rings (SSSR count). The average Bonchev–Trinajstić information content (AvgIpc) is 2.47. The molecule has 0 aliphatic heterocycles. The number of hydrogen-bond acceptors (Lipinski definition) is 0. The minimum Gasteiger partial charge on any atom is -0.0802 e. The van der Waals surface area contributed by atoms with Crippen molar-refractivity contribution in [2.45, 2.75) is 47.9 Å². The van der Waals surface area contributed by atoms with Gasteiger partial charge in [-0.15, -0.1) is 0 Å². The molecule has 3 unspecified atom stereocenters. The van der Waals surface area contributed by atoms with Crippen LogP contribution in [0.25, 0.3) is 0 Å². The minimum atomic E-state index is 0.396. The highest BCUT2D eigenvalue weighted by molar-refractivity contribution is 14.2. The second-order valence-electron chi connectivity index (χ2n) is 6.99. The number of rotatable bonds is 0. The van der Waals surface area contributed by atoms with E-state index in [0.717, 1.165) is 17.8 Å². The second kappa shape index (κ2) is 4.47. The standard InChI is InChI=1S/C16H22I2/c1-10-4-5-11-12-6-7-16(17,18)9-14(12)15(2,3)13(11)8-10/h5,8,10,12,14H,4,6-7,9H2,1-3H3. The summed E-state index contributed by atoms with van der Waals surface area (Å²) in [5.74, 6) is 2.46. The molecule has 0 amide bonds. The Bertz CT molecular complexity index is 428. The van der Waals surface area contributed by atoms with Crippen molar-refractivity contribution in [1.29, 1.82) is 0 Å². The molecule has 0 N–H and O–H groups in total. The van der Waals surface area contributed by atoms with Crippen LogP contribution in [0.1, 0.15) is 46.5 Å². The van der Waals surface area contributed by atoms with Crippen molar-refractivity contribution in [2.75, 3.05) is 0 Å². The van der Waals surface area contributed by atoms with E-state index in [0.29, 0.717) is 6.84 Å². The summed E-state index contributed by atoms with van der Waals surface area (Å²) in [7, 11) is 0. The smallest absolute Gasteiger partial charge is 0.0738 e. The number of halogens is 2. The van der Waals surface area contributed by atoms with Gasteiger partial charge in [0, 0.05) is 0 Å². The Hall–Kier alpha value is 0.940. The molecule has 3 atom stereocenters. The fourth-order valence-electron chi connectivity index (χ4n) is 4.27. The first kappa shape index (κ1) is 13.9. The molecule has 0 aromatic heterocycles. The highest BCUT2D eigenvalue weighted by Gasteiger charge is 2.53. The summed E-state index contributed by atoms with van der Waals surface area (Å²) in [5, 5.41) is 0. The van der Waals surface area contributed by atoms with Gasteiger partial charge in [-0.2, -0.15) is 0 Å². The Morgan fingerprint density at radius 3 is 2.72 bits per heavy atom. The Morgan fingerprint density at radius 1 is 1.28 bits per heavy atom. The summed E-state index contributed by atoms with van der Waals surface area (Å²) < 4.78 is 0.494.